The van der Waals surface area contributed by atoms with Crippen molar-refractivity contribution in [2.75, 3.05) is 28.6 Å². The van der Waals surface area contributed by atoms with Gasteiger partial charge in [0.1, 0.15) is 17.5 Å². The zero-order valence-corrected chi connectivity index (χ0v) is 15.1. The number of aryl methyl sites for hydroxylation is 1. The molecule has 0 spiro atoms. The van der Waals surface area contributed by atoms with Gasteiger partial charge in [-0.1, -0.05) is 0 Å². The van der Waals surface area contributed by atoms with Crippen LogP contribution in [0.4, 0.5) is 23.0 Å². The molecular weight excluding hydrogens is 342 g/mol. The summed E-state index contributed by atoms with van der Waals surface area (Å²) in [5, 5.41) is 6.11. The zero-order valence-electron chi connectivity index (χ0n) is 15.1. The number of anilines is 4. The van der Waals surface area contributed by atoms with E-state index >= 15 is 0 Å². The summed E-state index contributed by atoms with van der Waals surface area (Å²) in [5.41, 5.74) is 1.58. The molecule has 2 aromatic heterocycles. The molecule has 7 heteroatoms. The van der Waals surface area contributed by atoms with Crippen molar-refractivity contribution in [2.45, 2.75) is 19.8 Å². The fourth-order valence-corrected chi connectivity index (χ4v) is 3.11. The normalized spacial score (nSPS) is 13.6. The lowest BCUT2D eigenvalue weighted by molar-refractivity contribution is 0.0996. The third-order valence-electron chi connectivity index (χ3n) is 4.41. The molecule has 1 aliphatic heterocycles. The van der Waals surface area contributed by atoms with Crippen LogP contribution in [0.3, 0.4) is 0 Å². The Morgan fingerprint density at radius 2 is 1.81 bits per heavy atom. The van der Waals surface area contributed by atoms with E-state index in [1.54, 1.807) is 12.1 Å². The third kappa shape index (κ3) is 4.08. The number of hydrogen-bond acceptors (Lipinski definition) is 6. The van der Waals surface area contributed by atoms with Crippen molar-refractivity contribution in [3.8, 4) is 0 Å². The van der Waals surface area contributed by atoms with Crippen LogP contribution in [0, 0.1) is 6.92 Å². The van der Waals surface area contributed by atoms with Gasteiger partial charge in [0.2, 0.25) is 0 Å². The molecule has 3 heterocycles. The van der Waals surface area contributed by atoms with E-state index in [1.165, 1.54) is 19.1 Å². The number of benzene rings is 1. The Hall–Kier alpha value is -3.35. The summed E-state index contributed by atoms with van der Waals surface area (Å²) in [6.45, 7) is 3.98. The first-order valence-electron chi connectivity index (χ1n) is 9.00. The van der Waals surface area contributed by atoms with Crippen LogP contribution >= 0.6 is 0 Å². The molecule has 138 valence electrons. The van der Waals surface area contributed by atoms with E-state index in [0.29, 0.717) is 5.69 Å². The number of amides is 1. The van der Waals surface area contributed by atoms with Gasteiger partial charge >= 0.3 is 0 Å². The molecule has 7 nitrogen and oxygen atoms in total. The number of nitrogens with zero attached hydrogens (tertiary/aromatic N) is 3. The number of nitrogens with one attached hydrogen (secondary N) is 2. The monoisotopic (exact) mass is 363 g/mol. The molecule has 1 amide bonds. The smallest absolute Gasteiger partial charge is 0.291 e. The summed E-state index contributed by atoms with van der Waals surface area (Å²) in [6, 6.07) is 12.7. The van der Waals surface area contributed by atoms with Gasteiger partial charge in [-0.05, 0) is 56.2 Å². The second-order valence-electron chi connectivity index (χ2n) is 6.49. The van der Waals surface area contributed by atoms with Gasteiger partial charge in [0.15, 0.2) is 5.76 Å². The van der Waals surface area contributed by atoms with Gasteiger partial charge in [-0.2, -0.15) is 0 Å². The van der Waals surface area contributed by atoms with Gasteiger partial charge in [0, 0.05) is 30.5 Å². The molecule has 27 heavy (non-hydrogen) atoms. The fourth-order valence-electron chi connectivity index (χ4n) is 3.11. The Labute approximate surface area is 157 Å². The molecule has 1 fully saturated rings. The van der Waals surface area contributed by atoms with Crippen LogP contribution in [-0.4, -0.2) is 29.0 Å². The van der Waals surface area contributed by atoms with Crippen molar-refractivity contribution in [3.63, 3.8) is 0 Å². The van der Waals surface area contributed by atoms with Gasteiger partial charge in [-0.25, -0.2) is 9.97 Å². The Kier molecular flexibility index (Phi) is 4.74. The fraction of sp³-hybridized carbons (Fsp3) is 0.250. The summed E-state index contributed by atoms with van der Waals surface area (Å²) in [7, 11) is 0. The number of carbonyl (C=O) groups is 1. The first-order chi connectivity index (χ1) is 13.2. The van der Waals surface area contributed by atoms with Crippen molar-refractivity contribution in [3.05, 3.63) is 60.3 Å². The minimum absolute atomic E-state index is 0.276. The number of furan rings is 1. The van der Waals surface area contributed by atoms with Crippen LogP contribution in [0.1, 0.15) is 29.2 Å². The minimum Gasteiger partial charge on any atom is -0.459 e. The molecule has 3 aromatic rings. The molecule has 0 unspecified atom stereocenters. The predicted octanol–water partition coefficient (Wildman–Crippen LogP) is 3.97. The van der Waals surface area contributed by atoms with Gasteiger partial charge in [-0.15, -0.1) is 0 Å². The summed E-state index contributed by atoms with van der Waals surface area (Å²) in [4.78, 5) is 23.3. The number of rotatable bonds is 5. The first-order valence-corrected chi connectivity index (χ1v) is 9.00. The van der Waals surface area contributed by atoms with E-state index in [2.05, 4.69) is 25.5 Å². The van der Waals surface area contributed by atoms with E-state index in [1.807, 2.05) is 37.3 Å². The van der Waals surface area contributed by atoms with E-state index in [9.17, 15) is 4.79 Å². The highest BCUT2D eigenvalue weighted by Crippen LogP contribution is 2.23. The summed E-state index contributed by atoms with van der Waals surface area (Å²) < 4.78 is 5.09. The van der Waals surface area contributed by atoms with Crippen molar-refractivity contribution >= 4 is 28.9 Å². The summed E-state index contributed by atoms with van der Waals surface area (Å²) >= 11 is 0. The van der Waals surface area contributed by atoms with E-state index < -0.39 is 0 Å². The molecule has 2 N–H and O–H groups in total. The van der Waals surface area contributed by atoms with Crippen LogP contribution < -0.4 is 15.5 Å². The van der Waals surface area contributed by atoms with Gasteiger partial charge in [0.05, 0.1) is 6.26 Å². The standard InChI is InChI=1S/C20H21N5O2/c1-14-21-18(13-19(22-14)25-10-2-3-11-25)23-15-6-8-16(9-7-15)24-20(26)17-5-4-12-27-17/h4-9,12-13H,2-3,10-11H2,1H3,(H,24,26)(H,21,22,23). The molecule has 0 aliphatic carbocycles. The highest BCUT2D eigenvalue weighted by molar-refractivity contribution is 6.02. The van der Waals surface area contributed by atoms with Gasteiger partial charge < -0.3 is 20.0 Å². The second-order valence-corrected chi connectivity index (χ2v) is 6.49. The lowest BCUT2D eigenvalue weighted by atomic mass is 10.2. The largest absolute Gasteiger partial charge is 0.459 e. The maximum absolute atomic E-state index is 12.0. The lowest BCUT2D eigenvalue weighted by Crippen LogP contribution is -2.19. The average Bonchev–Trinajstić information content (AvgIpc) is 3.37. The molecule has 1 saturated heterocycles. The van der Waals surface area contributed by atoms with Crippen LogP contribution in [-0.2, 0) is 0 Å². The van der Waals surface area contributed by atoms with Gasteiger partial charge in [0.25, 0.3) is 5.91 Å². The van der Waals surface area contributed by atoms with Gasteiger partial charge in [-0.3, -0.25) is 4.79 Å². The summed E-state index contributed by atoms with van der Waals surface area (Å²) in [6.07, 6.45) is 3.88. The lowest BCUT2D eigenvalue weighted by Gasteiger charge is -2.18. The van der Waals surface area contributed by atoms with E-state index in [0.717, 1.165) is 36.2 Å². The van der Waals surface area contributed by atoms with Crippen molar-refractivity contribution in [2.24, 2.45) is 0 Å². The zero-order chi connectivity index (χ0) is 18.6. The van der Waals surface area contributed by atoms with E-state index in [4.69, 9.17) is 4.42 Å². The quantitative estimate of drug-likeness (QED) is 0.713. The molecule has 0 bridgehead atoms. The van der Waals surface area contributed by atoms with Crippen LogP contribution in [0.2, 0.25) is 0 Å². The second kappa shape index (κ2) is 7.49. The Bertz CT molecular complexity index is 916. The SMILES string of the molecule is Cc1nc(Nc2ccc(NC(=O)c3ccco3)cc2)cc(N2CCCC2)n1. The summed E-state index contributed by atoms with van der Waals surface area (Å²) in [5.74, 6) is 2.47. The van der Waals surface area contributed by atoms with Crippen LogP contribution in [0.5, 0.6) is 0 Å². The van der Waals surface area contributed by atoms with E-state index in [-0.39, 0.29) is 11.7 Å². The van der Waals surface area contributed by atoms with Crippen LogP contribution in [0.15, 0.2) is 53.1 Å². The maximum Gasteiger partial charge on any atom is 0.291 e. The number of carbonyl (C=O) groups excluding carboxylic acids is 1. The maximum atomic E-state index is 12.0. The topological polar surface area (TPSA) is 83.3 Å². The molecular formula is C20H21N5O2. The Balaban J connectivity index is 1.44. The molecule has 0 radical (unpaired) electrons. The molecule has 1 aromatic carbocycles. The van der Waals surface area contributed by atoms with Crippen molar-refractivity contribution in [1.82, 2.24) is 9.97 Å². The first kappa shape index (κ1) is 17.1. The third-order valence-corrected chi connectivity index (χ3v) is 4.41. The highest BCUT2D eigenvalue weighted by Gasteiger charge is 2.15. The van der Waals surface area contributed by atoms with Crippen molar-refractivity contribution in [1.29, 1.82) is 0 Å². The predicted molar refractivity (Wildman–Crippen MR) is 105 cm³/mol. The van der Waals surface area contributed by atoms with Crippen LogP contribution in [0.25, 0.3) is 0 Å². The molecule has 0 saturated carbocycles. The Morgan fingerprint density at radius 1 is 1.07 bits per heavy atom. The molecule has 4 rings (SSSR count). The number of aromatic nitrogens is 2. The molecule has 0 atom stereocenters. The Morgan fingerprint density at radius 3 is 2.52 bits per heavy atom. The van der Waals surface area contributed by atoms with Crippen molar-refractivity contribution < 1.29 is 9.21 Å². The minimum atomic E-state index is -0.276. The highest BCUT2D eigenvalue weighted by atomic mass is 16.3. The number of hydrogen-bond donors (Lipinski definition) is 2. The molecule has 1 aliphatic rings. The average molecular weight is 363 g/mol.